The van der Waals surface area contributed by atoms with Gasteiger partial charge in [-0.25, -0.2) is 0 Å². The molecule has 1 aromatic rings. The molecule has 1 aliphatic carbocycles. The van der Waals surface area contributed by atoms with Gasteiger partial charge in [0, 0.05) is 24.3 Å². The first kappa shape index (κ1) is 10.4. The lowest BCUT2D eigenvalue weighted by molar-refractivity contribution is 0.318. The Balaban J connectivity index is 1.98. The van der Waals surface area contributed by atoms with Crippen molar-refractivity contribution in [2.24, 2.45) is 16.8 Å². The van der Waals surface area contributed by atoms with Crippen LogP contribution in [0.2, 0.25) is 0 Å². The smallest absolute Gasteiger partial charge is 0.172 e. The number of pyridine rings is 1. The lowest BCUT2D eigenvalue weighted by Gasteiger charge is -2.30. The molecule has 2 heterocycles. The zero-order valence-electron chi connectivity index (χ0n) is 9.58. The molecular formula is C12H16N4O. The van der Waals surface area contributed by atoms with Crippen LogP contribution in [0.5, 0.6) is 0 Å². The maximum absolute atomic E-state index is 8.81. The average molecular weight is 232 g/mol. The van der Waals surface area contributed by atoms with Gasteiger partial charge in [-0.2, -0.15) is 0 Å². The fourth-order valence-corrected chi connectivity index (χ4v) is 3.11. The van der Waals surface area contributed by atoms with Crippen molar-refractivity contribution in [1.29, 1.82) is 0 Å². The fraction of sp³-hybridized carbons (Fsp3) is 0.500. The summed E-state index contributed by atoms with van der Waals surface area (Å²) in [7, 11) is 0. The van der Waals surface area contributed by atoms with E-state index >= 15 is 0 Å². The molecule has 2 fully saturated rings. The Morgan fingerprint density at radius 1 is 1.53 bits per heavy atom. The maximum atomic E-state index is 8.81. The molecule has 2 bridgehead atoms. The number of hydrogen-bond acceptors (Lipinski definition) is 4. The van der Waals surface area contributed by atoms with E-state index in [1.54, 1.807) is 12.3 Å². The molecule has 2 aliphatic rings. The normalized spacial score (nSPS) is 27.8. The maximum Gasteiger partial charge on any atom is 0.172 e. The van der Waals surface area contributed by atoms with E-state index < -0.39 is 0 Å². The minimum Gasteiger partial charge on any atom is -0.409 e. The van der Waals surface area contributed by atoms with Gasteiger partial charge in [0.1, 0.15) is 0 Å². The molecule has 90 valence electrons. The molecule has 1 saturated carbocycles. The fourth-order valence-electron chi connectivity index (χ4n) is 3.11. The van der Waals surface area contributed by atoms with Crippen LogP contribution in [0.3, 0.4) is 0 Å². The summed E-state index contributed by atoms with van der Waals surface area (Å²) in [5.74, 6) is 0.963. The molecule has 2 unspecified atom stereocenters. The number of rotatable bonds is 2. The quantitative estimate of drug-likeness (QED) is 0.347. The second-order valence-corrected chi connectivity index (χ2v) is 4.86. The van der Waals surface area contributed by atoms with Crippen LogP contribution in [-0.4, -0.2) is 28.6 Å². The SMILES string of the molecule is N/C(=N/O)c1ccncc1N1CC2CCC1C2. The molecule has 1 aliphatic heterocycles. The highest BCUT2D eigenvalue weighted by atomic mass is 16.4. The predicted molar refractivity (Wildman–Crippen MR) is 65.2 cm³/mol. The molecule has 0 spiro atoms. The zero-order valence-corrected chi connectivity index (χ0v) is 9.58. The summed E-state index contributed by atoms with van der Waals surface area (Å²) in [6, 6.07) is 2.41. The second kappa shape index (κ2) is 3.91. The molecule has 1 aromatic heterocycles. The summed E-state index contributed by atoms with van der Waals surface area (Å²) < 4.78 is 0. The van der Waals surface area contributed by atoms with Crippen LogP contribution >= 0.6 is 0 Å². The molecule has 2 atom stereocenters. The third kappa shape index (κ3) is 1.62. The van der Waals surface area contributed by atoms with Crippen molar-refractivity contribution in [2.45, 2.75) is 25.3 Å². The number of hydrogen-bond donors (Lipinski definition) is 2. The van der Waals surface area contributed by atoms with Crippen LogP contribution in [0.15, 0.2) is 23.6 Å². The highest BCUT2D eigenvalue weighted by molar-refractivity contribution is 6.02. The van der Waals surface area contributed by atoms with Gasteiger partial charge in [-0.1, -0.05) is 5.16 Å². The van der Waals surface area contributed by atoms with Gasteiger partial charge in [0.2, 0.25) is 0 Å². The van der Waals surface area contributed by atoms with Gasteiger partial charge < -0.3 is 15.8 Å². The molecule has 1 saturated heterocycles. The van der Waals surface area contributed by atoms with Crippen molar-refractivity contribution >= 4 is 11.5 Å². The van der Waals surface area contributed by atoms with Crippen molar-refractivity contribution in [3.8, 4) is 0 Å². The topological polar surface area (TPSA) is 74.7 Å². The average Bonchev–Trinajstić information content (AvgIpc) is 3.00. The van der Waals surface area contributed by atoms with Crippen LogP contribution in [-0.2, 0) is 0 Å². The summed E-state index contributed by atoms with van der Waals surface area (Å²) in [5.41, 5.74) is 7.47. The first-order chi connectivity index (χ1) is 8.29. The van der Waals surface area contributed by atoms with Crippen molar-refractivity contribution in [3.05, 3.63) is 24.0 Å². The second-order valence-electron chi connectivity index (χ2n) is 4.86. The van der Waals surface area contributed by atoms with Gasteiger partial charge >= 0.3 is 0 Å². The molecule has 3 rings (SSSR count). The number of nitrogens with two attached hydrogens (primary N) is 1. The summed E-state index contributed by atoms with van der Waals surface area (Å²) in [6.07, 6.45) is 7.33. The minimum absolute atomic E-state index is 0.158. The first-order valence-corrected chi connectivity index (χ1v) is 5.98. The van der Waals surface area contributed by atoms with E-state index in [-0.39, 0.29) is 5.84 Å². The number of amidine groups is 1. The summed E-state index contributed by atoms with van der Waals surface area (Å²) in [5, 5.41) is 11.9. The largest absolute Gasteiger partial charge is 0.409 e. The number of nitrogens with zero attached hydrogens (tertiary/aromatic N) is 3. The lowest BCUT2D eigenvalue weighted by Crippen LogP contribution is -2.34. The molecule has 3 N–H and O–H groups in total. The van der Waals surface area contributed by atoms with Crippen LogP contribution in [0.25, 0.3) is 0 Å². The van der Waals surface area contributed by atoms with Gasteiger partial charge in [-0.3, -0.25) is 4.98 Å². The number of piperidine rings is 1. The number of anilines is 1. The number of oxime groups is 1. The summed E-state index contributed by atoms with van der Waals surface area (Å²) >= 11 is 0. The van der Waals surface area contributed by atoms with Crippen molar-refractivity contribution < 1.29 is 5.21 Å². The van der Waals surface area contributed by atoms with Crippen molar-refractivity contribution in [3.63, 3.8) is 0 Å². The van der Waals surface area contributed by atoms with E-state index in [0.717, 1.165) is 23.7 Å². The van der Waals surface area contributed by atoms with Gasteiger partial charge in [0.05, 0.1) is 11.9 Å². The van der Waals surface area contributed by atoms with Gasteiger partial charge in [0.15, 0.2) is 5.84 Å². The van der Waals surface area contributed by atoms with E-state index in [4.69, 9.17) is 10.9 Å². The summed E-state index contributed by atoms with van der Waals surface area (Å²) in [6.45, 7) is 1.07. The molecule has 5 nitrogen and oxygen atoms in total. The molecular weight excluding hydrogens is 216 g/mol. The lowest BCUT2D eigenvalue weighted by atomic mass is 10.1. The van der Waals surface area contributed by atoms with E-state index in [1.165, 1.54) is 19.3 Å². The molecule has 0 aromatic carbocycles. The van der Waals surface area contributed by atoms with Crippen LogP contribution in [0.4, 0.5) is 5.69 Å². The Morgan fingerprint density at radius 3 is 3.06 bits per heavy atom. The van der Waals surface area contributed by atoms with E-state index in [1.807, 2.05) is 6.20 Å². The van der Waals surface area contributed by atoms with Crippen LogP contribution in [0.1, 0.15) is 24.8 Å². The zero-order chi connectivity index (χ0) is 11.8. The molecule has 0 radical (unpaired) electrons. The van der Waals surface area contributed by atoms with Crippen LogP contribution in [0, 0.1) is 5.92 Å². The van der Waals surface area contributed by atoms with Crippen LogP contribution < -0.4 is 10.6 Å². The minimum atomic E-state index is 0.158. The standard InChI is InChI=1S/C12H16N4O/c13-12(15-17)10-3-4-14-6-11(10)16-7-8-1-2-9(16)5-8/h3-4,6,8-9,17H,1-2,5,7H2,(H2,13,15). The molecule has 0 amide bonds. The Labute approximate surface area is 99.9 Å². The van der Waals surface area contributed by atoms with Gasteiger partial charge in [-0.15, -0.1) is 0 Å². The highest BCUT2D eigenvalue weighted by Gasteiger charge is 2.38. The Bertz CT molecular complexity index is 460. The highest BCUT2D eigenvalue weighted by Crippen LogP contribution is 2.40. The first-order valence-electron chi connectivity index (χ1n) is 5.98. The van der Waals surface area contributed by atoms with Crippen molar-refractivity contribution in [2.75, 3.05) is 11.4 Å². The number of fused-ring (bicyclic) bond motifs is 2. The molecule has 5 heteroatoms. The third-order valence-corrected chi connectivity index (χ3v) is 3.90. The monoisotopic (exact) mass is 232 g/mol. The molecule has 17 heavy (non-hydrogen) atoms. The predicted octanol–water partition coefficient (Wildman–Crippen LogP) is 1.16. The Hall–Kier alpha value is -1.78. The van der Waals surface area contributed by atoms with E-state index in [2.05, 4.69) is 15.0 Å². The van der Waals surface area contributed by atoms with Crippen molar-refractivity contribution in [1.82, 2.24) is 4.98 Å². The summed E-state index contributed by atoms with van der Waals surface area (Å²) in [4.78, 5) is 6.51. The van der Waals surface area contributed by atoms with Gasteiger partial charge in [0.25, 0.3) is 0 Å². The van der Waals surface area contributed by atoms with E-state index in [9.17, 15) is 0 Å². The Morgan fingerprint density at radius 2 is 2.41 bits per heavy atom. The number of aromatic nitrogens is 1. The van der Waals surface area contributed by atoms with E-state index in [0.29, 0.717) is 6.04 Å². The Kier molecular flexibility index (Phi) is 2.39. The van der Waals surface area contributed by atoms with Gasteiger partial charge in [-0.05, 0) is 31.2 Å². The third-order valence-electron chi connectivity index (χ3n) is 3.90.